The molecule has 2 rings (SSSR count). The minimum Gasteiger partial charge on any atom is -0.393 e. The first-order chi connectivity index (χ1) is 9.24. The normalized spacial score (nSPS) is 16.6. The van der Waals surface area contributed by atoms with E-state index in [4.69, 9.17) is 9.93 Å². The fourth-order valence-corrected chi connectivity index (χ4v) is 1.81. The topological polar surface area (TPSA) is 61.9 Å². The van der Waals surface area contributed by atoms with Crippen LogP contribution in [0.3, 0.4) is 0 Å². The zero-order valence-corrected chi connectivity index (χ0v) is 10.9. The third kappa shape index (κ3) is 3.10. The molecule has 0 fully saturated rings. The van der Waals surface area contributed by atoms with E-state index in [1.165, 1.54) is 0 Å². The van der Waals surface area contributed by atoms with Crippen LogP contribution in [-0.2, 0) is 6.42 Å². The third-order valence-electron chi connectivity index (χ3n) is 2.80. The molecule has 0 aliphatic heterocycles. The second-order valence-corrected chi connectivity index (χ2v) is 4.24. The summed E-state index contributed by atoms with van der Waals surface area (Å²) in [6, 6.07) is 1.94. The van der Waals surface area contributed by atoms with E-state index < -0.39 is 0 Å². The maximum absolute atomic E-state index is 7.80. The molecule has 0 saturated carbocycles. The van der Waals surface area contributed by atoms with Gasteiger partial charge in [0.1, 0.15) is 0 Å². The van der Waals surface area contributed by atoms with Gasteiger partial charge in [-0.15, -0.1) is 6.58 Å². The van der Waals surface area contributed by atoms with Crippen LogP contribution in [0.25, 0.3) is 5.57 Å². The number of nitrogens with zero attached hydrogens (tertiary/aromatic N) is 1. The van der Waals surface area contributed by atoms with Crippen LogP contribution in [0.2, 0.25) is 0 Å². The number of aryl methyl sites for hydroxylation is 1. The highest BCUT2D eigenvalue weighted by molar-refractivity contribution is 6.12. The fraction of sp³-hybridized carbons (Fsp3) is 0.200. The molecule has 0 bridgehead atoms. The van der Waals surface area contributed by atoms with Crippen LogP contribution in [0.4, 0.5) is 0 Å². The molecule has 1 heterocycles. The van der Waals surface area contributed by atoms with Crippen LogP contribution < -0.4 is 5.32 Å². The molecule has 4 nitrogen and oxygen atoms in total. The molecule has 0 atom stereocenters. The molecule has 98 valence electrons. The van der Waals surface area contributed by atoms with Gasteiger partial charge in [-0.25, -0.2) is 0 Å². The summed E-state index contributed by atoms with van der Waals surface area (Å²) in [7, 11) is 1.81. The molecule has 19 heavy (non-hydrogen) atoms. The first-order valence-electron chi connectivity index (χ1n) is 6.17. The van der Waals surface area contributed by atoms with E-state index >= 15 is 0 Å². The van der Waals surface area contributed by atoms with Crippen LogP contribution in [0.5, 0.6) is 0 Å². The lowest BCUT2D eigenvalue weighted by Crippen LogP contribution is -2.05. The van der Waals surface area contributed by atoms with E-state index in [1.807, 2.05) is 31.3 Å². The molecule has 1 aromatic heterocycles. The number of allylic oxidation sites excluding steroid dienone is 6. The zero-order chi connectivity index (χ0) is 13.7. The number of hydrogen-bond donors (Lipinski definition) is 2. The highest BCUT2D eigenvalue weighted by Gasteiger charge is 2.12. The van der Waals surface area contributed by atoms with E-state index in [0.717, 1.165) is 35.4 Å². The van der Waals surface area contributed by atoms with Gasteiger partial charge in [0, 0.05) is 30.5 Å². The monoisotopic (exact) mass is 255 g/mol. The van der Waals surface area contributed by atoms with Crippen molar-refractivity contribution < 1.29 is 4.52 Å². The van der Waals surface area contributed by atoms with Crippen molar-refractivity contribution in [3.63, 3.8) is 0 Å². The Labute approximate surface area is 112 Å². The van der Waals surface area contributed by atoms with Crippen molar-refractivity contribution in [3.8, 4) is 0 Å². The van der Waals surface area contributed by atoms with E-state index in [9.17, 15) is 0 Å². The lowest BCUT2D eigenvalue weighted by atomic mass is 9.99. The van der Waals surface area contributed by atoms with Crippen molar-refractivity contribution in [1.29, 1.82) is 5.41 Å². The molecule has 0 amide bonds. The number of aromatic nitrogens is 1. The molecule has 0 spiro atoms. The average Bonchev–Trinajstić information content (AvgIpc) is 2.88. The molecule has 1 aromatic rings. The first-order valence-corrected chi connectivity index (χ1v) is 6.17. The molecule has 0 unspecified atom stereocenters. The number of nitrogens with one attached hydrogen (secondary N) is 2. The minimum atomic E-state index is 0.476. The van der Waals surface area contributed by atoms with Crippen LogP contribution in [0.15, 0.2) is 53.2 Å². The summed E-state index contributed by atoms with van der Waals surface area (Å²) in [5.41, 5.74) is 3.15. The summed E-state index contributed by atoms with van der Waals surface area (Å²) >= 11 is 0. The van der Waals surface area contributed by atoms with Crippen molar-refractivity contribution in [2.75, 3.05) is 7.05 Å². The molecule has 4 heteroatoms. The Hall–Kier alpha value is -2.36. The Bertz CT molecular complexity index is 576. The van der Waals surface area contributed by atoms with Crippen LogP contribution >= 0.6 is 0 Å². The molecule has 0 aromatic carbocycles. The average molecular weight is 255 g/mol. The molecule has 1 aliphatic rings. The van der Waals surface area contributed by atoms with E-state index in [-0.39, 0.29) is 0 Å². The van der Waals surface area contributed by atoms with E-state index in [1.54, 1.807) is 12.3 Å². The molecular weight excluding hydrogens is 238 g/mol. The van der Waals surface area contributed by atoms with Crippen LogP contribution in [0.1, 0.15) is 17.9 Å². The maximum atomic E-state index is 7.80. The van der Waals surface area contributed by atoms with Crippen LogP contribution in [0, 0.1) is 5.41 Å². The van der Waals surface area contributed by atoms with Crippen molar-refractivity contribution >= 4 is 11.3 Å². The minimum absolute atomic E-state index is 0.476. The van der Waals surface area contributed by atoms with E-state index in [0.29, 0.717) is 5.71 Å². The quantitative estimate of drug-likeness (QED) is 0.795. The first kappa shape index (κ1) is 13.1. The summed E-state index contributed by atoms with van der Waals surface area (Å²) < 4.78 is 5.34. The van der Waals surface area contributed by atoms with Crippen molar-refractivity contribution in [2.24, 2.45) is 0 Å². The molecule has 0 radical (unpaired) electrons. The van der Waals surface area contributed by atoms with Crippen molar-refractivity contribution in [1.82, 2.24) is 10.5 Å². The van der Waals surface area contributed by atoms with E-state index in [2.05, 4.69) is 17.1 Å². The van der Waals surface area contributed by atoms with Gasteiger partial charge in [0.2, 0.25) is 0 Å². The second-order valence-electron chi connectivity index (χ2n) is 4.24. The summed E-state index contributed by atoms with van der Waals surface area (Å²) in [5, 5.41) is 14.8. The highest BCUT2D eigenvalue weighted by atomic mass is 16.5. The van der Waals surface area contributed by atoms with Crippen molar-refractivity contribution in [3.05, 3.63) is 60.2 Å². The second kappa shape index (κ2) is 6.00. The zero-order valence-electron chi connectivity index (χ0n) is 10.9. The van der Waals surface area contributed by atoms with Gasteiger partial charge in [-0.3, -0.25) is 0 Å². The third-order valence-corrected chi connectivity index (χ3v) is 2.80. The van der Waals surface area contributed by atoms with Gasteiger partial charge in [0.15, 0.2) is 5.76 Å². The largest absolute Gasteiger partial charge is 0.393 e. The van der Waals surface area contributed by atoms with Crippen molar-refractivity contribution in [2.45, 2.75) is 12.8 Å². The molecular formula is C15H17N3O. The summed E-state index contributed by atoms with van der Waals surface area (Å²) in [6.45, 7) is 3.69. The Kier molecular flexibility index (Phi) is 4.13. The molecule has 1 aliphatic carbocycles. The van der Waals surface area contributed by atoms with Gasteiger partial charge < -0.3 is 15.2 Å². The van der Waals surface area contributed by atoms with Gasteiger partial charge >= 0.3 is 0 Å². The summed E-state index contributed by atoms with van der Waals surface area (Å²) in [5.74, 6) is 0.727. The fourth-order valence-electron chi connectivity index (χ4n) is 1.81. The Morgan fingerprint density at radius 3 is 3.05 bits per heavy atom. The Morgan fingerprint density at radius 2 is 2.32 bits per heavy atom. The molecule has 2 N–H and O–H groups in total. The standard InChI is InChI=1S/C15H17N3O/c1-3-4-5-13-9-15(19-18-13)11-6-7-14(16)12(8-11)10-17-2/h3,6-10,16-17H,1,4-5H2,2H3/b12-10-,16-14?. The lowest BCUT2D eigenvalue weighted by Gasteiger charge is -2.08. The van der Waals surface area contributed by atoms with Gasteiger partial charge in [-0.1, -0.05) is 11.2 Å². The summed E-state index contributed by atoms with van der Waals surface area (Å²) in [4.78, 5) is 0. The van der Waals surface area contributed by atoms with Gasteiger partial charge in [0.05, 0.1) is 11.4 Å². The van der Waals surface area contributed by atoms with Gasteiger partial charge in [0.25, 0.3) is 0 Å². The smallest absolute Gasteiger partial charge is 0.167 e. The Balaban J connectivity index is 2.21. The molecule has 0 saturated heterocycles. The summed E-state index contributed by atoms with van der Waals surface area (Å²) in [6.07, 6.45) is 10.9. The predicted octanol–water partition coefficient (Wildman–Crippen LogP) is 2.87. The predicted molar refractivity (Wildman–Crippen MR) is 77.0 cm³/mol. The number of rotatable bonds is 5. The highest BCUT2D eigenvalue weighted by Crippen LogP contribution is 2.23. The Morgan fingerprint density at radius 1 is 1.47 bits per heavy atom. The maximum Gasteiger partial charge on any atom is 0.167 e. The van der Waals surface area contributed by atoms with Crippen LogP contribution in [-0.4, -0.2) is 17.9 Å². The van der Waals surface area contributed by atoms with Gasteiger partial charge in [-0.2, -0.15) is 0 Å². The SMILES string of the molecule is C=CCCc1cc(C2=C/C(=C/NC)C(=N)C=C2)on1. The number of hydrogen-bond acceptors (Lipinski definition) is 4. The lowest BCUT2D eigenvalue weighted by molar-refractivity contribution is 0.403. The van der Waals surface area contributed by atoms with Gasteiger partial charge in [-0.05, 0) is 31.1 Å².